The van der Waals surface area contributed by atoms with Gasteiger partial charge in [0.25, 0.3) is 0 Å². The highest BCUT2D eigenvalue weighted by Gasteiger charge is 2.28. The van der Waals surface area contributed by atoms with E-state index in [0.717, 1.165) is 22.2 Å². The van der Waals surface area contributed by atoms with Crippen LogP contribution in [-0.2, 0) is 4.74 Å². The molecular formula is C18H18N2O2. The second kappa shape index (κ2) is 5.56. The lowest BCUT2D eigenvalue weighted by Crippen LogP contribution is -2.43. The molecule has 1 unspecified atom stereocenters. The van der Waals surface area contributed by atoms with E-state index in [2.05, 4.69) is 41.5 Å². The van der Waals surface area contributed by atoms with Gasteiger partial charge < -0.3 is 15.4 Å². The number of ether oxygens (including phenoxy) is 1. The van der Waals surface area contributed by atoms with Crippen LogP contribution in [0.4, 0.5) is 4.79 Å². The summed E-state index contributed by atoms with van der Waals surface area (Å²) in [4.78, 5) is 11.9. The lowest BCUT2D eigenvalue weighted by molar-refractivity contribution is 0.236. The Labute approximate surface area is 129 Å². The molecular weight excluding hydrogens is 276 g/mol. The smallest absolute Gasteiger partial charge is 0.319 e. The number of carbonyl (C=O) groups is 1. The van der Waals surface area contributed by atoms with Crippen molar-refractivity contribution in [1.82, 2.24) is 10.6 Å². The Morgan fingerprint density at radius 2 is 1.91 bits per heavy atom. The molecule has 0 aliphatic carbocycles. The molecule has 1 heterocycles. The van der Waals surface area contributed by atoms with Crippen LogP contribution in [-0.4, -0.2) is 13.1 Å². The van der Waals surface area contributed by atoms with E-state index < -0.39 is 0 Å². The molecule has 4 heteroatoms. The van der Waals surface area contributed by atoms with Gasteiger partial charge in [0.15, 0.2) is 0 Å². The van der Waals surface area contributed by atoms with Crippen LogP contribution < -0.4 is 10.6 Å². The summed E-state index contributed by atoms with van der Waals surface area (Å²) in [7, 11) is 1.58. The highest BCUT2D eigenvalue weighted by molar-refractivity contribution is 5.84. The summed E-state index contributed by atoms with van der Waals surface area (Å²) in [5, 5.41) is 8.01. The second-order valence-corrected chi connectivity index (χ2v) is 5.30. The predicted octanol–water partition coefficient (Wildman–Crippen LogP) is 3.63. The number of methoxy groups -OCH3 is 1. The molecule has 3 rings (SSSR count). The largest absolute Gasteiger partial charge is 0.497 e. The van der Waals surface area contributed by atoms with Crippen molar-refractivity contribution in [3.8, 4) is 0 Å². The zero-order valence-electron chi connectivity index (χ0n) is 12.6. The van der Waals surface area contributed by atoms with Crippen LogP contribution in [0.15, 0.2) is 66.1 Å². The molecule has 2 aromatic rings. The van der Waals surface area contributed by atoms with E-state index in [1.807, 2.05) is 25.1 Å². The van der Waals surface area contributed by atoms with E-state index in [0.29, 0.717) is 5.76 Å². The molecule has 0 aromatic heterocycles. The summed E-state index contributed by atoms with van der Waals surface area (Å²) in [5.41, 5.74) is 2.62. The normalized spacial score (nSPS) is 17.9. The number of nitrogens with one attached hydrogen (secondary N) is 2. The van der Waals surface area contributed by atoms with Gasteiger partial charge >= 0.3 is 6.03 Å². The SMILES string of the molecule is C=C(OC)C1=C(C)NC(=O)NC1c1ccc2ccccc2c1. The van der Waals surface area contributed by atoms with Crippen LogP contribution in [0.2, 0.25) is 0 Å². The maximum Gasteiger partial charge on any atom is 0.319 e. The summed E-state index contributed by atoms with van der Waals surface area (Å²) in [5.74, 6) is 0.545. The number of urea groups is 1. The highest BCUT2D eigenvalue weighted by Crippen LogP contribution is 2.32. The molecule has 0 bridgehead atoms. The summed E-state index contributed by atoms with van der Waals surface area (Å²) in [6, 6.07) is 13.8. The lowest BCUT2D eigenvalue weighted by Gasteiger charge is -2.30. The maximum atomic E-state index is 11.9. The number of hydrogen-bond acceptors (Lipinski definition) is 2. The monoisotopic (exact) mass is 294 g/mol. The van der Waals surface area contributed by atoms with Crippen LogP contribution in [0.25, 0.3) is 10.8 Å². The standard InChI is InChI=1S/C18H18N2O2/c1-11-16(12(2)22-3)17(20-18(21)19-11)15-9-8-13-6-4-5-7-14(13)10-15/h4-10,17H,2H2,1,3H3,(H2,19,20,21). The number of rotatable bonds is 3. The molecule has 0 spiro atoms. The first-order chi connectivity index (χ1) is 10.6. The Bertz CT molecular complexity index is 793. The zero-order chi connectivity index (χ0) is 15.7. The van der Waals surface area contributed by atoms with E-state index in [-0.39, 0.29) is 12.1 Å². The predicted molar refractivity (Wildman–Crippen MR) is 87.2 cm³/mol. The zero-order valence-corrected chi connectivity index (χ0v) is 12.6. The van der Waals surface area contributed by atoms with Gasteiger partial charge in [-0.3, -0.25) is 0 Å². The summed E-state index contributed by atoms with van der Waals surface area (Å²) in [6.45, 7) is 5.79. The molecule has 1 aliphatic heterocycles. The first-order valence-corrected chi connectivity index (χ1v) is 7.10. The first-order valence-electron chi connectivity index (χ1n) is 7.10. The minimum atomic E-state index is -0.272. The van der Waals surface area contributed by atoms with Gasteiger partial charge in [-0.15, -0.1) is 0 Å². The van der Waals surface area contributed by atoms with E-state index in [9.17, 15) is 4.79 Å². The van der Waals surface area contributed by atoms with E-state index >= 15 is 0 Å². The van der Waals surface area contributed by atoms with Gasteiger partial charge in [-0.25, -0.2) is 4.79 Å². The van der Waals surface area contributed by atoms with Gasteiger partial charge in [-0.2, -0.15) is 0 Å². The first kappa shape index (κ1) is 14.2. The van der Waals surface area contributed by atoms with Crippen LogP contribution in [0.1, 0.15) is 18.5 Å². The van der Waals surface area contributed by atoms with Crippen molar-refractivity contribution in [1.29, 1.82) is 0 Å². The molecule has 1 atom stereocenters. The molecule has 2 aromatic carbocycles. The fourth-order valence-corrected chi connectivity index (χ4v) is 2.81. The second-order valence-electron chi connectivity index (χ2n) is 5.30. The molecule has 112 valence electrons. The number of benzene rings is 2. The summed E-state index contributed by atoms with van der Waals surface area (Å²) >= 11 is 0. The molecule has 0 saturated carbocycles. The van der Waals surface area contributed by atoms with E-state index in [1.54, 1.807) is 7.11 Å². The van der Waals surface area contributed by atoms with Crippen LogP contribution >= 0.6 is 0 Å². The number of hydrogen-bond donors (Lipinski definition) is 2. The van der Waals surface area contributed by atoms with E-state index in [1.165, 1.54) is 5.39 Å². The fraction of sp³-hybridized carbons (Fsp3) is 0.167. The third-order valence-corrected chi connectivity index (χ3v) is 3.92. The van der Waals surface area contributed by atoms with Gasteiger partial charge in [0.2, 0.25) is 0 Å². The van der Waals surface area contributed by atoms with Gasteiger partial charge in [-0.1, -0.05) is 43.0 Å². The summed E-state index contributed by atoms with van der Waals surface area (Å²) < 4.78 is 5.29. The molecule has 0 radical (unpaired) electrons. The number of carbonyl (C=O) groups excluding carboxylic acids is 1. The van der Waals surface area contributed by atoms with Gasteiger partial charge in [-0.05, 0) is 29.3 Å². The minimum absolute atomic E-state index is 0.219. The van der Waals surface area contributed by atoms with Crippen LogP contribution in [0.3, 0.4) is 0 Å². The summed E-state index contributed by atoms with van der Waals surface area (Å²) in [6.07, 6.45) is 0. The molecule has 2 N–H and O–H groups in total. The quantitative estimate of drug-likeness (QED) is 0.849. The van der Waals surface area contributed by atoms with Crippen molar-refractivity contribution in [2.45, 2.75) is 13.0 Å². The van der Waals surface area contributed by atoms with Crippen molar-refractivity contribution < 1.29 is 9.53 Å². The molecule has 0 fully saturated rings. The highest BCUT2D eigenvalue weighted by atomic mass is 16.5. The van der Waals surface area contributed by atoms with Gasteiger partial charge in [0.1, 0.15) is 5.76 Å². The van der Waals surface area contributed by atoms with E-state index in [4.69, 9.17) is 4.74 Å². The van der Waals surface area contributed by atoms with Crippen molar-refractivity contribution in [2.75, 3.05) is 7.11 Å². The molecule has 4 nitrogen and oxygen atoms in total. The molecule has 0 saturated heterocycles. The maximum absolute atomic E-state index is 11.9. The van der Waals surface area contributed by atoms with Crippen molar-refractivity contribution in [2.24, 2.45) is 0 Å². The lowest BCUT2D eigenvalue weighted by atomic mass is 9.93. The average molecular weight is 294 g/mol. The van der Waals surface area contributed by atoms with Crippen molar-refractivity contribution >= 4 is 16.8 Å². The van der Waals surface area contributed by atoms with Crippen LogP contribution in [0, 0.1) is 0 Å². The molecule has 22 heavy (non-hydrogen) atoms. The minimum Gasteiger partial charge on any atom is -0.497 e. The average Bonchev–Trinajstić information content (AvgIpc) is 2.53. The molecule has 2 amide bonds. The van der Waals surface area contributed by atoms with Crippen molar-refractivity contribution in [3.63, 3.8) is 0 Å². The van der Waals surface area contributed by atoms with Gasteiger partial charge in [0.05, 0.1) is 13.2 Å². The third-order valence-electron chi connectivity index (χ3n) is 3.92. The Hall–Kier alpha value is -2.75. The Morgan fingerprint density at radius 3 is 2.64 bits per heavy atom. The Kier molecular flexibility index (Phi) is 3.59. The number of fused-ring (bicyclic) bond motifs is 1. The van der Waals surface area contributed by atoms with Crippen molar-refractivity contribution in [3.05, 3.63) is 71.6 Å². The molecule has 1 aliphatic rings. The Morgan fingerprint density at radius 1 is 1.18 bits per heavy atom. The third kappa shape index (κ3) is 2.44. The van der Waals surface area contributed by atoms with Crippen LogP contribution in [0.5, 0.6) is 0 Å². The number of amides is 2. The fourth-order valence-electron chi connectivity index (χ4n) is 2.81. The number of allylic oxidation sites excluding steroid dienone is 1. The topological polar surface area (TPSA) is 50.4 Å². The van der Waals surface area contributed by atoms with Gasteiger partial charge in [0, 0.05) is 11.3 Å². The Balaban J connectivity index is 2.11.